The molecule has 0 radical (unpaired) electrons. The molecular formula is C19H19ClN4O2. The minimum atomic E-state index is -0.372. The van der Waals surface area contributed by atoms with Crippen LogP contribution in [-0.2, 0) is 7.05 Å². The molecule has 1 fully saturated rings. The molecule has 0 bridgehead atoms. The second-order valence-corrected chi connectivity index (χ2v) is 6.72. The molecule has 3 rings (SSSR count). The second-order valence-electron chi connectivity index (χ2n) is 6.29. The molecule has 0 atom stereocenters. The Morgan fingerprint density at radius 1 is 1.19 bits per heavy atom. The number of halogens is 1. The average Bonchev–Trinajstić information content (AvgIpc) is 2.65. The zero-order chi connectivity index (χ0) is 18.8. The molecule has 134 valence electrons. The van der Waals surface area contributed by atoms with E-state index in [2.05, 4.69) is 4.90 Å². The van der Waals surface area contributed by atoms with Gasteiger partial charge in [-0.25, -0.2) is 0 Å². The van der Waals surface area contributed by atoms with E-state index >= 15 is 0 Å². The third-order valence-corrected chi connectivity index (χ3v) is 5.07. The smallest absolute Gasteiger partial charge is 0.270 e. The molecule has 1 saturated heterocycles. The number of hydrogen-bond acceptors (Lipinski definition) is 5. The summed E-state index contributed by atoms with van der Waals surface area (Å²) in [4.78, 5) is 28.4. The minimum absolute atomic E-state index is 0.0240. The van der Waals surface area contributed by atoms with Gasteiger partial charge < -0.3 is 9.80 Å². The highest BCUT2D eigenvalue weighted by Gasteiger charge is 2.25. The van der Waals surface area contributed by atoms with Gasteiger partial charge in [-0.1, -0.05) is 17.7 Å². The summed E-state index contributed by atoms with van der Waals surface area (Å²) in [5.41, 5.74) is 1.55. The summed E-state index contributed by atoms with van der Waals surface area (Å²) < 4.78 is 1.41. The third-order valence-electron chi connectivity index (χ3n) is 4.84. The van der Waals surface area contributed by atoms with Gasteiger partial charge in [-0.3, -0.25) is 14.2 Å². The zero-order valence-electron chi connectivity index (χ0n) is 14.7. The molecular weight excluding hydrogens is 352 g/mol. The van der Waals surface area contributed by atoms with E-state index in [1.807, 2.05) is 35.2 Å². The Bertz CT molecular complexity index is 953. The van der Waals surface area contributed by atoms with Crippen molar-refractivity contribution in [1.82, 2.24) is 4.57 Å². The van der Waals surface area contributed by atoms with Gasteiger partial charge in [0.25, 0.3) is 5.56 Å². The first-order chi connectivity index (χ1) is 12.5. The summed E-state index contributed by atoms with van der Waals surface area (Å²) >= 11 is 6.07. The van der Waals surface area contributed by atoms with Crippen LogP contribution in [0.1, 0.15) is 21.5 Å². The summed E-state index contributed by atoms with van der Waals surface area (Å²) in [7, 11) is 1.61. The van der Waals surface area contributed by atoms with Crippen LogP contribution in [0.4, 0.5) is 11.5 Å². The van der Waals surface area contributed by atoms with E-state index in [-0.39, 0.29) is 11.1 Å². The molecule has 2 aromatic rings. The van der Waals surface area contributed by atoms with Gasteiger partial charge >= 0.3 is 0 Å². The van der Waals surface area contributed by atoms with Crippen LogP contribution in [0.25, 0.3) is 0 Å². The summed E-state index contributed by atoms with van der Waals surface area (Å²) in [6, 6.07) is 9.61. The lowest BCUT2D eigenvalue weighted by molar-refractivity contribution is 0.112. The lowest BCUT2D eigenvalue weighted by Crippen LogP contribution is -2.48. The van der Waals surface area contributed by atoms with Crippen molar-refractivity contribution in [2.45, 2.75) is 6.92 Å². The van der Waals surface area contributed by atoms with Crippen molar-refractivity contribution in [2.24, 2.45) is 7.05 Å². The zero-order valence-corrected chi connectivity index (χ0v) is 15.5. The second kappa shape index (κ2) is 7.22. The van der Waals surface area contributed by atoms with Crippen molar-refractivity contribution < 1.29 is 4.79 Å². The van der Waals surface area contributed by atoms with Crippen LogP contribution >= 0.6 is 11.6 Å². The number of carbonyl (C=O) groups excluding carboxylic acids is 1. The van der Waals surface area contributed by atoms with Crippen molar-refractivity contribution in [1.29, 1.82) is 5.26 Å². The number of rotatable bonds is 3. The highest BCUT2D eigenvalue weighted by Crippen LogP contribution is 2.26. The molecule has 26 heavy (non-hydrogen) atoms. The number of pyridine rings is 1. The molecule has 6 nitrogen and oxygen atoms in total. The number of nitriles is 1. The van der Waals surface area contributed by atoms with E-state index in [9.17, 15) is 14.9 Å². The van der Waals surface area contributed by atoms with Gasteiger partial charge in [0.1, 0.15) is 17.5 Å². The lowest BCUT2D eigenvalue weighted by atomic mass is 10.0. The normalized spacial score (nSPS) is 14.2. The van der Waals surface area contributed by atoms with Crippen LogP contribution in [0.5, 0.6) is 0 Å². The first-order valence-corrected chi connectivity index (χ1v) is 8.70. The minimum Gasteiger partial charge on any atom is -0.368 e. The topological polar surface area (TPSA) is 69.3 Å². The van der Waals surface area contributed by atoms with Crippen LogP contribution < -0.4 is 15.4 Å². The van der Waals surface area contributed by atoms with Crippen molar-refractivity contribution in [3.63, 3.8) is 0 Å². The van der Waals surface area contributed by atoms with E-state index in [1.165, 1.54) is 4.57 Å². The Balaban J connectivity index is 1.92. The SMILES string of the molecule is Cc1c(C=O)c(N2CCN(c3cccc(Cl)c3)CC2)n(C)c(=O)c1C#N. The van der Waals surface area contributed by atoms with Gasteiger partial charge in [-0.05, 0) is 30.7 Å². The number of aldehydes is 1. The maximum Gasteiger partial charge on any atom is 0.270 e. The average molecular weight is 371 g/mol. The Kier molecular flexibility index (Phi) is 5.01. The van der Waals surface area contributed by atoms with Crippen LogP contribution in [-0.4, -0.2) is 37.0 Å². The Morgan fingerprint density at radius 3 is 2.42 bits per heavy atom. The molecule has 1 aliphatic heterocycles. The van der Waals surface area contributed by atoms with E-state index in [0.29, 0.717) is 35.1 Å². The van der Waals surface area contributed by atoms with E-state index < -0.39 is 0 Å². The summed E-state index contributed by atoms with van der Waals surface area (Å²) in [6.07, 6.45) is 0.730. The Hall–Kier alpha value is -2.78. The highest BCUT2D eigenvalue weighted by atomic mass is 35.5. The molecule has 1 aromatic carbocycles. The van der Waals surface area contributed by atoms with Crippen molar-refractivity contribution in [3.8, 4) is 6.07 Å². The fourth-order valence-corrected chi connectivity index (χ4v) is 3.60. The summed E-state index contributed by atoms with van der Waals surface area (Å²) in [6.45, 7) is 4.45. The number of benzene rings is 1. The van der Waals surface area contributed by atoms with Crippen LogP contribution in [0.3, 0.4) is 0 Å². The largest absolute Gasteiger partial charge is 0.368 e. The third kappa shape index (κ3) is 3.06. The number of nitrogens with zero attached hydrogens (tertiary/aromatic N) is 4. The quantitative estimate of drug-likeness (QED) is 0.776. The standard InChI is InChI=1S/C19H19ClN4O2/c1-13-16(11-21)19(26)22(2)18(17(13)12-25)24-8-6-23(7-9-24)15-5-3-4-14(20)10-15/h3-5,10,12H,6-9H2,1-2H3. The predicted molar refractivity (Wildman–Crippen MR) is 102 cm³/mol. The number of anilines is 2. The fourth-order valence-electron chi connectivity index (χ4n) is 3.41. The number of aromatic nitrogens is 1. The van der Waals surface area contributed by atoms with Crippen LogP contribution in [0.2, 0.25) is 5.02 Å². The Morgan fingerprint density at radius 2 is 1.85 bits per heavy atom. The maximum atomic E-state index is 12.4. The van der Waals surface area contributed by atoms with E-state index in [0.717, 1.165) is 25.1 Å². The van der Waals surface area contributed by atoms with Gasteiger partial charge in [-0.15, -0.1) is 0 Å². The van der Waals surface area contributed by atoms with Crippen molar-refractivity contribution in [2.75, 3.05) is 36.0 Å². The summed E-state index contributed by atoms with van der Waals surface area (Å²) in [5, 5.41) is 9.91. The Labute approximate surface area is 156 Å². The molecule has 0 aliphatic carbocycles. The van der Waals surface area contributed by atoms with Gasteiger partial charge in [-0.2, -0.15) is 5.26 Å². The van der Waals surface area contributed by atoms with Gasteiger partial charge in [0.15, 0.2) is 6.29 Å². The molecule has 2 heterocycles. The number of piperazine rings is 1. The molecule has 7 heteroatoms. The van der Waals surface area contributed by atoms with Gasteiger partial charge in [0, 0.05) is 43.9 Å². The highest BCUT2D eigenvalue weighted by molar-refractivity contribution is 6.30. The van der Waals surface area contributed by atoms with Gasteiger partial charge in [0.2, 0.25) is 0 Å². The first-order valence-electron chi connectivity index (χ1n) is 8.32. The fraction of sp³-hybridized carbons (Fsp3) is 0.316. The molecule has 0 unspecified atom stereocenters. The first kappa shape index (κ1) is 18.0. The van der Waals surface area contributed by atoms with Crippen molar-refractivity contribution in [3.05, 3.63) is 56.3 Å². The van der Waals surface area contributed by atoms with E-state index in [4.69, 9.17) is 11.6 Å². The van der Waals surface area contributed by atoms with Crippen LogP contribution in [0.15, 0.2) is 29.1 Å². The number of carbonyl (C=O) groups is 1. The van der Waals surface area contributed by atoms with E-state index in [1.54, 1.807) is 14.0 Å². The molecule has 1 aromatic heterocycles. The number of hydrogen-bond donors (Lipinski definition) is 0. The lowest BCUT2D eigenvalue weighted by Gasteiger charge is -2.38. The molecule has 0 saturated carbocycles. The summed E-state index contributed by atoms with van der Waals surface area (Å²) in [5.74, 6) is 0.576. The van der Waals surface area contributed by atoms with Crippen molar-refractivity contribution >= 4 is 29.4 Å². The molecule has 0 amide bonds. The van der Waals surface area contributed by atoms with Crippen LogP contribution in [0, 0.1) is 18.3 Å². The monoisotopic (exact) mass is 370 g/mol. The molecule has 0 N–H and O–H groups in total. The molecule has 1 aliphatic rings. The van der Waals surface area contributed by atoms with Gasteiger partial charge in [0.05, 0.1) is 5.56 Å². The molecule has 0 spiro atoms. The predicted octanol–water partition coefficient (Wildman–Crippen LogP) is 2.36. The maximum absolute atomic E-state index is 12.4.